The number of ether oxygens (including phenoxy) is 1. The van der Waals surface area contributed by atoms with E-state index in [0.29, 0.717) is 18.2 Å². The van der Waals surface area contributed by atoms with E-state index in [9.17, 15) is 0 Å². The molecule has 0 radical (unpaired) electrons. The summed E-state index contributed by atoms with van der Waals surface area (Å²) < 4.78 is 6.89. The van der Waals surface area contributed by atoms with E-state index in [0.717, 1.165) is 46.5 Å². The van der Waals surface area contributed by atoms with Crippen LogP contribution < -0.4 is 5.32 Å². The fourth-order valence-electron chi connectivity index (χ4n) is 3.28. The highest BCUT2D eigenvalue weighted by atomic mass is 35.5. The lowest BCUT2D eigenvalue weighted by molar-refractivity contribution is -0.0390. The van der Waals surface area contributed by atoms with Gasteiger partial charge >= 0.3 is 0 Å². The Kier molecular flexibility index (Phi) is 3.53. The first-order valence-electron chi connectivity index (χ1n) is 7.35. The van der Waals surface area contributed by atoms with Gasteiger partial charge in [-0.05, 0) is 31.5 Å². The summed E-state index contributed by atoms with van der Waals surface area (Å²) >= 11 is 7.71. The van der Waals surface area contributed by atoms with E-state index in [1.54, 1.807) is 11.3 Å². The minimum absolute atomic E-state index is 0.351. The average Bonchev–Trinajstić information content (AvgIpc) is 3.00. The molecule has 3 heterocycles. The van der Waals surface area contributed by atoms with Crippen molar-refractivity contribution in [3.05, 3.63) is 23.2 Å². The Morgan fingerprint density at radius 3 is 3.24 bits per heavy atom. The number of benzene rings is 1. The maximum absolute atomic E-state index is 6.03. The normalized spacial score (nSPS) is 29.7. The molecule has 0 bridgehead atoms. The van der Waals surface area contributed by atoms with Gasteiger partial charge in [0.2, 0.25) is 0 Å². The van der Waals surface area contributed by atoms with Crippen molar-refractivity contribution in [2.45, 2.75) is 31.5 Å². The van der Waals surface area contributed by atoms with Gasteiger partial charge in [0.05, 0.1) is 22.9 Å². The number of fused-ring (bicyclic) bond motifs is 2. The van der Waals surface area contributed by atoms with Crippen molar-refractivity contribution in [2.75, 3.05) is 25.0 Å². The lowest BCUT2D eigenvalue weighted by Crippen LogP contribution is -2.45. The minimum atomic E-state index is 0.351. The molecule has 2 saturated heterocycles. The Hall–Kier alpha value is -0.880. The molecule has 2 aliphatic heterocycles. The number of anilines is 1. The molecule has 2 aromatic rings. The van der Waals surface area contributed by atoms with Crippen molar-refractivity contribution in [2.24, 2.45) is 0 Å². The molecule has 0 amide bonds. The van der Waals surface area contributed by atoms with Crippen LogP contribution >= 0.6 is 22.9 Å². The molecule has 4 rings (SSSR count). The molecule has 21 heavy (non-hydrogen) atoms. The Balaban J connectivity index is 1.48. The highest BCUT2D eigenvalue weighted by Gasteiger charge is 2.36. The fraction of sp³-hybridized carbons (Fsp3) is 0.533. The number of rotatable bonds is 2. The van der Waals surface area contributed by atoms with Crippen LogP contribution in [0.1, 0.15) is 13.3 Å². The van der Waals surface area contributed by atoms with Crippen LogP contribution in [0.5, 0.6) is 0 Å². The zero-order valence-corrected chi connectivity index (χ0v) is 13.5. The maximum atomic E-state index is 6.03. The third-order valence-corrected chi connectivity index (χ3v) is 5.46. The van der Waals surface area contributed by atoms with Gasteiger partial charge in [-0.15, -0.1) is 0 Å². The van der Waals surface area contributed by atoms with Crippen LogP contribution in [-0.2, 0) is 4.74 Å². The number of nitrogens with zero attached hydrogens (tertiary/aromatic N) is 2. The van der Waals surface area contributed by atoms with Crippen molar-refractivity contribution in [3.63, 3.8) is 0 Å². The standard InChI is InChI=1S/C15H18ClN3OS/c1-9-6-19-7-11(5-12(19)8-20-9)17-15-18-13-3-2-10(16)4-14(13)21-15/h2-4,9,11-12H,5-8H2,1H3,(H,17,18)/t9-,11-,12-/m0/s1. The molecule has 3 atom stereocenters. The molecule has 1 N–H and O–H groups in total. The van der Waals surface area contributed by atoms with E-state index in [1.807, 2.05) is 18.2 Å². The molecular weight excluding hydrogens is 306 g/mol. The summed E-state index contributed by atoms with van der Waals surface area (Å²) in [5, 5.41) is 5.35. The number of nitrogens with one attached hydrogen (secondary N) is 1. The number of halogens is 1. The second kappa shape index (κ2) is 5.39. The Labute approximate surface area is 133 Å². The molecule has 1 aromatic heterocycles. The predicted molar refractivity (Wildman–Crippen MR) is 87.4 cm³/mol. The second-order valence-electron chi connectivity index (χ2n) is 5.96. The molecule has 1 aromatic carbocycles. The van der Waals surface area contributed by atoms with Crippen LogP contribution in [0.15, 0.2) is 18.2 Å². The quantitative estimate of drug-likeness (QED) is 0.920. The topological polar surface area (TPSA) is 37.4 Å². The molecule has 0 spiro atoms. The predicted octanol–water partition coefficient (Wildman–Crippen LogP) is 3.22. The van der Waals surface area contributed by atoms with E-state index >= 15 is 0 Å². The lowest BCUT2D eigenvalue weighted by atomic mass is 10.1. The van der Waals surface area contributed by atoms with Gasteiger partial charge < -0.3 is 10.1 Å². The Morgan fingerprint density at radius 1 is 1.43 bits per heavy atom. The molecule has 0 saturated carbocycles. The van der Waals surface area contributed by atoms with E-state index in [2.05, 4.69) is 22.1 Å². The summed E-state index contributed by atoms with van der Waals surface area (Å²) in [5.74, 6) is 0. The second-order valence-corrected chi connectivity index (χ2v) is 7.43. The average molecular weight is 324 g/mol. The third kappa shape index (κ3) is 2.75. The first-order valence-corrected chi connectivity index (χ1v) is 8.55. The molecule has 4 nitrogen and oxygen atoms in total. The van der Waals surface area contributed by atoms with Gasteiger partial charge in [0.1, 0.15) is 0 Å². The van der Waals surface area contributed by atoms with Gasteiger partial charge in [-0.3, -0.25) is 4.90 Å². The highest BCUT2D eigenvalue weighted by molar-refractivity contribution is 7.22. The van der Waals surface area contributed by atoms with Crippen molar-refractivity contribution in [3.8, 4) is 0 Å². The Bertz CT molecular complexity index is 661. The van der Waals surface area contributed by atoms with Crippen LogP contribution in [0.25, 0.3) is 10.2 Å². The Morgan fingerprint density at radius 2 is 2.33 bits per heavy atom. The summed E-state index contributed by atoms with van der Waals surface area (Å²) in [6.07, 6.45) is 1.48. The fourth-order valence-corrected chi connectivity index (χ4v) is 4.50. The number of hydrogen-bond donors (Lipinski definition) is 1. The summed E-state index contributed by atoms with van der Waals surface area (Å²) in [6, 6.07) is 6.87. The highest BCUT2D eigenvalue weighted by Crippen LogP contribution is 2.31. The zero-order valence-electron chi connectivity index (χ0n) is 11.9. The van der Waals surface area contributed by atoms with E-state index in [4.69, 9.17) is 16.3 Å². The monoisotopic (exact) mass is 323 g/mol. The first-order chi connectivity index (χ1) is 10.2. The van der Waals surface area contributed by atoms with Crippen molar-refractivity contribution >= 4 is 38.3 Å². The summed E-state index contributed by atoms with van der Waals surface area (Å²) in [7, 11) is 0. The minimum Gasteiger partial charge on any atom is -0.376 e. The number of hydrogen-bond acceptors (Lipinski definition) is 5. The van der Waals surface area contributed by atoms with Crippen LogP contribution in [0, 0.1) is 0 Å². The largest absolute Gasteiger partial charge is 0.376 e. The molecule has 0 aliphatic carbocycles. The molecule has 112 valence electrons. The van der Waals surface area contributed by atoms with Gasteiger partial charge in [0.25, 0.3) is 0 Å². The smallest absolute Gasteiger partial charge is 0.184 e. The van der Waals surface area contributed by atoms with Crippen LogP contribution in [-0.4, -0.2) is 47.8 Å². The third-order valence-electron chi connectivity index (χ3n) is 4.27. The maximum Gasteiger partial charge on any atom is 0.184 e. The SMILES string of the molecule is C[C@H]1CN2C[C@@H](Nc3nc4ccc(Cl)cc4s3)C[C@H]2CO1. The number of thiazole rings is 1. The zero-order chi connectivity index (χ0) is 14.4. The molecular formula is C15H18ClN3OS. The van der Waals surface area contributed by atoms with Gasteiger partial charge in [-0.2, -0.15) is 0 Å². The molecule has 2 fully saturated rings. The lowest BCUT2D eigenvalue weighted by Gasteiger charge is -2.33. The summed E-state index contributed by atoms with van der Waals surface area (Å²) in [4.78, 5) is 7.19. The van der Waals surface area contributed by atoms with Gasteiger partial charge in [0.15, 0.2) is 5.13 Å². The summed E-state index contributed by atoms with van der Waals surface area (Å²) in [6.45, 7) is 5.12. The van der Waals surface area contributed by atoms with E-state index in [-0.39, 0.29) is 0 Å². The molecule has 0 unspecified atom stereocenters. The van der Waals surface area contributed by atoms with Gasteiger partial charge in [-0.1, -0.05) is 22.9 Å². The summed E-state index contributed by atoms with van der Waals surface area (Å²) in [5.41, 5.74) is 1.01. The van der Waals surface area contributed by atoms with Crippen LogP contribution in [0.4, 0.5) is 5.13 Å². The van der Waals surface area contributed by atoms with Crippen LogP contribution in [0.3, 0.4) is 0 Å². The van der Waals surface area contributed by atoms with Crippen molar-refractivity contribution in [1.82, 2.24) is 9.88 Å². The van der Waals surface area contributed by atoms with Gasteiger partial charge in [-0.25, -0.2) is 4.98 Å². The van der Waals surface area contributed by atoms with E-state index in [1.165, 1.54) is 0 Å². The molecule has 2 aliphatic rings. The van der Waals surface area contributed by atoms with Crippen molar-refractivity contribution in [1.29, 1.82) is 0 Å². The number of morpholine rings is 1. The molecule has 6 heteroatoms. The van der Waals surface area contributed by atoms with Crippen LogP contribution in [0.2, 0.25) is 5.02 Å². The van der Waals surface area contributed by atoms with E-state index < -0.39 is 0 Å². The number of aromatic nitrogens is 1. The first kappa shape index (κ1) is 13.8. The van der Waals surface area contributed by atoms with Gasteiger partial charge in [0, 0.05) is 30.2 Å². The van der Waals surface area contributed by atoms with Crippen molar-refractivity contribution < 1.29 is 4.74 Å².